The fraction of sp³-hybridized carbons (Fsp3) is 0.421. The van der Waals surface area contributed by atoms with Gasteiger partial charge >= 0.3 is 0 Å². The number of methoxy groups -OCH3 is 1. The second kappa shape index (κ2) is 7.96. The Morgan fingerprint density at radius 1 is 1.32 bits per heavy atom. The molecule has 1 fully saturated rings. The van der Waals surface area contributed by atoms with Gasteiger partial charge in [0.15, 0.2) is 0 Å². The van der Waals surface area contributed by atoms with Crippen molar-refractivity contribution in [2.45, 2.75) is 32.1 Å². The quantitative estimate of drug-likeness (QED) is 0.834. The lowest BCUT2D eigenvalue weighted by atomic mass is 9.95. The molecule has 6 nitrogen and oxygen atoms in total. The zero-order chi connectivity index (χ0) is 17.6. The molecule has 3 rings (SSSR count). The third kappa shape index (κ3) is 4.26. The number of benzene rings is 1. The predicted molar refractivity (Wildman–Crippen MR) is 93.9 cm³/mol. The van der Waals surface area contributed by atoms with Crippen LogP contribution in [0.1, 0.15) is 37.8 Å². The van der Waals surface area contributed by atoms with Gasteiger partial charge in [0.2, 0.25) is 11.8 Å². The van der Waals surface area contributed by atoms with E-state index in [1.54, 1.807) is 25.6 Å². The Kier molecular flexibility index (Phi) is 5.48. The summed E-state index contributed by atoms with van der Waals surface area (Å²) in [5.41, 5.74) is 0.869. The predicted octanol–water partition coefficient (Wildman–Crippen LogP) is 3.39. The summed E-state index contributed by atoms with van der Waals surface area (Å²) in [7, 11) is 1.62. The van der Waals surface area contributed by atoms with Crippen LogP contribution in [0.4, 0.5) is 0 Å². The van der Waals surface area contributed by atoms with E-state index in [1.807, 2.05) is 30.0 Å². The number of carbonyl (C=O) groups excluding carboxylic acids is 1. The number of hydrogen-bond acceptors (Lipinski definition) is 5. The first-order chi connectivity index (χ1) is 12.2. The van der Waals surface area contributed by atoms with E-state index < -0.39 is 0 Å². The molecule has 2 aromatic rings. The molecule has 1 saturated heterocycles. The molecule has 0 radical (unpaired) electrons. The molecule has 6 heteroatoms. The van der Waals surface area contributed by atoms with Gasteiger partial charge in [-0.1, -0.05) is 13.0 Å². The summed E-state index contributed by atoms with van der Waals surface area (Å²) in [6.07, 6.45) is 5.89. The lowest BCUT2D eigenvalue weighted by Gasteiger charge is -2.32. The number of amides is 1. The third-order valence-corrected chi connectivity index (χ3v) is 4.39. The minimum Gasteiger partial charge on any atom is -0.497 e. The molecule has 0 aliphatic carbocycles. The Bertz CT molecular complexity index is 735. The maximum atomic E-state index is 12.0. The number of hydrogen-bond donors (Lipinski definition) is 0. The van der Waals surface area contributed by atoms with E-state index in [0.717, 1.165) is 30.8 Å². The number of carbonyl (C=O) groups is 1. The Balaban J connectivity index is 1.73. The molecule has 25 heavy (non-hydrogen) atoms. The summed E-state index contributed by atoms with van der Waals surface area (Å²) in [5, 5.41) is 0. The van der Waals surface area contributed by atoms with Crippen molar-refractivity contribution in [3.05, 3.63) is 42.4 Å². The van der Waals surface area contributed by atoms with Crippen LogP contribution < -0.4 is 9.47 Å². The molecule has 1 aliphatic rings. The van der Waals surface area contributed by atoms with Crippen LogP contribution in [0.15, 0.2) is 36.7 Å². The van der Waals surface area contributed by atoms with E-state index in [9.17, 15) is 4.79 Å². The Labute approximate surface area is 147 Å². The van der Waals surface area contributed by atoms with Crippen molar-refractivity contribution in [2.24, 2.45) is 0 Å². The highest BCUT2D eigenvalue weighted by Crippen LogP contribution is 2.28. The highest BCUT2D eigenvalue weighted by Gasteiger charge is 2.25. The number of ether oxygens (including phenoxy) is 2. The van der Waals surface area contributed by atoms with E-state index in [-0.39, 0.29) is 11.8 Å². The van der Waals surface area contributed by atoms with Crippen molar-refractivity contribution in [1.82, 2.24) is 14.9 Å². The molecular formula is C19H23N3O3. The lowest BCUT2D eigenvalue weighted by molar-refractivity contribution is -0.132. The normalized spacial score (nSPS) is 17.2. The van der Waals surface area contributed by atoms with Crippen LogP contribution in [0, 0.1) is 0 Å². The first kappa shape index (κ1) is 17.2. The topological polar surface area (TPSA) is 64.6 Å². The van der Waals surface area contributed by atoms with Gasteiger partial charge in [0.1, 0.15) is 11.5 Å². The van der Waals surface area contributed by atoms with Crippen LogP contribution in [0.25, 0.3) is 0 Å². The van der Waals surface area contributed by atoms with Crippen molar-refractivity contribution in [3.63, 3.8) is 0 Å². The molecule has 0 bridgehead atoms. The zero-order valence-electron chi connectivity index (χ0n) is 14.6. The van der Waals surface area contributed by atoms with Crippen LogP contribution in [-0.2, 0) is 4.79 Å². The van der Waals surface area contributed by atoms with E-state index >= 15 is 0 Å². The first-order valence-electron chi connectivity index (χ1n) is 8.61. The number of piperidine rings is 1. The van der Waals surface area contributed by atoms with Crippen molar-refractivity contribution >= 4 is 5.91 Å². The zero-order valence-corrected chi connectivity index (χ0v) is 14.6. The molecule has 1 aromatic carbocycles. The second-order valence-electron chi connectivity index (χ2n) is 6.10. The second-order valence-corrected chi connectivity index (χ2v) is 6.10. The minimum atomic E-state index is 0.196. The third-order valence-electron chi connectivity index (χ3n) is 4.39. The average molecular weight is 341 g/mol. The standard InChI is InChI=1S/C19H23N3O3/c1-3-19(23)22-9-5-6-14(13-22)17-11-20-12-18(21-17)25-16-8-4-7-15(10-16)24-2/h4,7-8,10-12,14H,3,5-6,9,13H2,1-2H3/t14-/m0/s1. The van der Waals surface area contributed by atoms with Crippen LogP contribution in [0.5, 0.6) is 17.4 Å². The molecular weight excluding hydrogens is 318 g/mol. The van der Waals surface area contributed by atoms with Gasteiger partial charge in [-0.05, 0) is 25.0 Å². The molecule has 1 aliphatic heterocycles. The molecule has 0 N–H and O–H groups in total. The summed E-state index contributed by atoms with van der Waals surface area (Å²) >= 11 is 0. The number of likely N-dealkylation sites (tertiary alicyclic amines) is 1. The molecule has 1 aromatic heterocycles. The molecule has 0 unspecified atom stereocenters. The SMILES string of the molecule is CCC(=O)N1CCC[C@H](c2cncc(Oc3cccc(OC)c3)n2)C1. The smallest absolute Gasteiger partial charge is 0.238 e. The van der Waals surface area contributed by atoms with E-state index in [4.69, 9.17) is 9.47 Å². The first-order valence-corrected chi connectivity index (χ1v) is 8.61. The summed E-state index contributed by atoms with van der Waals surface area (Å²) in [5.74, 6) is 2.22. The van der Waals surface area contributed by atoms with Crippen LogP contribution in [0.2, 0.25) is 0 Å². The van der Waals surface area contributed by atoms with Gasteiger partial charge in [-0.3, -0.25) is 9.78 Å². The average Bonchev–Trinajstić information content (AvgIpc) is 2.68. The van der Waals surface area contributed by atoms with Crippen molar-refractivity contribution in [2.75, 3.05) is 20.2 Å². The summed E-state index contributed by atoms with van der Waals surface area (Å²) in [4.78, 5) is 22.8. The van der Waals surface area contributed by atoms with Crippen LogP contribution in [-0.4, -0.2) is 41.0 Å². The molecule has 0 saturated carbocycles. The Morgan fingerprint density at radius 2 is 2.16 bits per heavy atom. The van der Waals surface area contributed by atoms with Gasteiger partial charge in [0.05, 0.1) is 19.0 Å². The molecule has 1 atom stereocenters. The van der Waals surface area contributed by atoms with Gasteiger partial charge in [-0.15, -0.1) is 0 Å². The maximum Gasteiger partial charge on any atom is 0.238 e. The number of nitrogens with zero attached hydrogens (tertiary/aromatic N) is 3. The number of rotatable bonds is 5. The van der Waals surface area contributed by atoms with Gasteiger partial charge in [-0.2, -0.15) is 0 Å². The van der Waals surface area contributed by atoms with Crippen LogP contribution >= 0.6 is 0 Å². The Morgan fingerprint density at radius 3 is 2.96 bits per heavy atom. The van der Waals surface area contributed by atoms with E-state index in [1.165, 1.54) is 0 Å². The minimum absolute atomic E-state index is 0.196. The van der Waals surface area contributed by atoms with E-state index in [2.05, 4.69) is 9.97 Å². The van der Waals surface area contributed by atoms with Gasteiger partial charge in [0.25, 0.3) is 0 Å². The van der Waals surface area contributed by atoms with Crippen molar-refractivity contribution < 1.29 is 14.3 Å². The lowest BCUT2D eigenvalue weighted by Crippen LogP contribution is -2.38. The molecule has 0 spiro atoms. The maximum absolute atomic E-state index is 12.0. The van der Waals surface area contributed by atoms with Crippen LogP contribution in [0.3, 0.4) is 0 Å². The van der Waals surface area contributed by atoms with Gasteiger partial charge in [0, 0.05) is 37.7 Å². The summed E-state index contributed by atoms with van der Waals surface area (Å²) in [6, 6.07) is 7.37. The fourth-order valence-electron chi connectivity index (χ4n) is 3.06. The molecule has 2 heterocycles. The highest BCUT2D eigenvalue weighted by molar-refractivity contribution is 5.76. The van der Waals surface area contributed by atoms with E-state index in [0.29, 0.717) is 24.6 Å². The largest absolute Gasteiger partial charge is 0.497 e. The molecule has 1 amide bonds. The summed E-state index contributed by atoms with van der Waals surface area (Å²) in [6.45, 7) is 3.43. The number of aromatic nitrogens is 2. The fourth-order valence-corrected chi connectivity index (χ4v) is 3.06. The molecule has 132 valence electrons. The van der Waals surface area contributed by atoms with Gasteiger partial charge < -0.3 is 14.4 Å². The monoisotopic (exact) mass is 341 g/mol. The van der Waals surface area contributed by atoms with Crippen molar-refractivity contribution in [1.29, 1.82) is 0 Å². The highest BCUT2D eigenvalue weighted by atomic mass is 16.5. The Hall–Kier alpha value is -2.63. The van der Waals surface area contributed by atoms with Crippen molar-refractivity contribution in [3.8, 4) is 17.4 Å². The van der Waals surface area contributed by atoms with Gasteiger partial charge in [-0.25, -0.2) is 4.98 Å². The summed E-state index contributed by atoms with van der Waals surface area (Å²) < 4.78 is 11.0.